The maximum absolute atomic E-state index is 13.7. The minimum absolute atomic E-state index is 0.0271. The minimum Gasteiger partial charge on any atom is -0.508 e. The topological polar surface area (TPSA) is 195 Å². The summed E-state index contributed by atoms with van der Waals surface area (Å²) < 4.78 is 33.1. The molecule has 0 amide bonds. The third kappa shape index (κ3) is 6.71. The van der Waals surface area contributed by atoms with E-state index in [0.29, 0.717) is 16.9 Å². The number of phenols is 2. The first kappa shape index (κ1) is 31.3. The minimum atomic E-state index is -1.86. The molecular formula is C32H30O13. The normalized spacial score (nSPS) is 21.5. The highest BCUT2D eigenvalue weighted by molar-refractivity contribution is 5.88. The number of fused-ring (bicyclic) bond motifs is 1. The van der Waals surface area contributed by atoms with Crippen LogP contribution in [-0.4, -0.2) is 83.0 Å². The number of carbonyl (C=O) groups excluding carboxylic acids is 1. The van der Waals surface area contributed by atoms with Gasteiger partial charge in [0.25, 0.3) is 0 Å². The monoisotopic (exact) mass is 622 g/mol. The fourth-order valence-corrected chi connectivity index (χ4v) is 4.64. The van der Waals surface area contributed by atoms with Gasteiger partial charge in [0.1, 0.15) is 65.0 Å². The molecule has 13 heteroatoms. The Hall–Kier alpha value is -5.08. The molecule has 0 radical (unpaired) electrons. The van der Waals surface area contributed by atoms with Crippen LogP contribution in [0.2, 0.25) is 0 Å². The summed E-state index contributed by atoms with van der Waals surface area (Å²) in [7, 11) is 2.86. The Bertz CT molecular complexity index is 1740. The van der Waals surface area contributed by atoms with Gasteiger partial charge in [0.05, 0.1) is 14.2 Å². The molecule has 1 fully saturated rings. The average Bonchev–Trinajstić information content (AvgIpc) is 3.04. The zero-order chi connectivity index (χ0) is 32.2. The van der Waals surface area contributed by atoms with Gasteiger partial charge in [0.2, 0.25) is 17.5 Å². The highest BCUT2D eigenvalue weighted by Gasteiger charge is 2.46. The van der Waals surface area contributed by atoms with Crippen molar-refractivity contribution < 1.29 is 58.4 Å². The quantitative estimate of drug-likeness (QED) is 0.135. The van der Waals surface area contributed by atoms with Gasteiger partial charge in [0, 0.05) is 23.8 Å². The first-order chi connectivity index (χ1) is 21.6. The summed E-state index contributed by atoms with van der Waals surface area (Å²) in [6, 6.07) is 15.0. The van der Waals surface area contributed by atoms with Crippen LogP contribution < -0.4 is 19.6 Å². The fourth-order valence-electron chi connectivity index (χ4n) is 4.64. The maximum Gasteiger partial charge on any atom is 0.330 e. The van der Waals surface area contributed by atoms with Crippen molar-refractivity contribution in [3.8, 4) is 40.1 Å². The summed E-state index contributed by atoms with van der Waals surface area (Å²) in [6.07, 6.45) is -5.95. The van der Waals surface area contributed by atoms with E-state index in [1.165, 1.54) is 44.6 Å². The van der Waals surface area contributed by atoms with Crippen molar-refractivity contribution in [2.75, 3.05) is 20.8 Å². The van der Waals surface area contributed by atoms with Gasteiger partial charge >= 0.3 is 5.97 Å². The second kappa shape index (κ2) is 13.3. The predicted octanol–water partition coefficient (Wildman–Crippen LogP) is 2.33. The average molecular weight is 623 g/mol. The first-order valence-electron chi connectivity index (χ1n) is 13.6. The molecule has 1 saturated heterocycles. The van der Waals surface area contributed by atoms with Crippen LogP contribution in [0.4, 0.5) is 0 Å². The lowest BCUT2D eigenvalue weighted by molar-refractivity contribution is -0.278. The molecule has 0 aliphatic carbocycles. The lowest BCUT2D eigenvalue weighted by Crippen LogP contribution is -2.60. The number of carbonyl (C=O) groups is 1. The molecule has 0 spiro atoms. The first-order valence-corrected chi connectivity index (χ1v) is 13.6. The zero-order valence-corrected chi connectivity index (χ0v) is 24.0. The molecular weight excluding hydrogens is 592 g/mol. The molecule has 0 bridgehead atoms. The van der Waals surface area contributed by atoms with Crippen molar-refractivity contribution in [1.82, 2.24) is 0 Å². The Balaban J connectivity index is 1.43. The highest BCUT2D eigenvalue weighted by Crippen LogP contribution is 2.37. The Labute approximate surface area is 255 Å². The van der Waals surface area contributed by atoms with E-state index >= 15 is 0 Å². The molecule has 5 N–H and O–H groups in total. The number of esters is 1. The van der Waals surface area contributed by atoms with Gasteiger partial charge in [-0.2, -0.15) is 0 Å². The number of methoxy groups -OCH3 is 2. The SMILES string of the molecule is COc1ccc(-c2oc3cc(OC)cc(O)c3c(=O)c2O[C@@H]2O[C@H](COC(=O)/C=C/c3ccc(O)cc3)[C@@H](O)[C@H](O)[C@H]2O)cc1. The number of hydrogen-bond acceptors (Lipinski definition) is 13. The summed E-state index contributed by atoms with van der Waals surface area (Å²) >= 11 is 0. The van der Waals surface area contributed by atoms with Crippen molar-refractivity contribution in [3.05, 3.63) is 82.5 Å². The van der Waals surface area contributed by atoms with E-state index in [1.807, 2.05) is 0 Å². The molecule has 1 aromatic heterocycles. The third-order valence-electron chi connectivity index (χ3n) is 7.09. The molecule has 4 aromatic rings. The van der Waals surface area contributed by atoms with E-state index in [9.17, 15) is 35.1 Å². The summed E-state index contributed by atoms with van der Waals surface area (Å²) in [5, 5.41) is 51.6. The van der Waals surface area contributed by atoms with E-state index in [1.54, 1.807) is 36.4 Å². The number of hydrogen-bond donors (Lipinski definition) is 5. The molecule has 45 heavy (non-hydrogen) atoms. The van der Waals surface area contributed by atoms with Gasteiger partial charge < -0.3 is 53.6 Å². The summed E-state index contributed by atoms with van der Waals surface area (Å²) in [4.78, 5) is 26.1. The van der Waals surface area contributed by atoms with Crippen molar-refractivity contribution in [2.24, 2.45) is 0 Å². The van der Waals surface area contributed by atoms with Gasteiger partial charge in [-0.25, -0.2) is 4.79 Å². The lowest BCUT2D eigenvalue weighted by Gasteiger charge is -2.39. The van der Waals surface area contributed by atoms with Crippen molar-refractivity contribution in [3.63, 3.8) is 0 Å². The van der Waals surface area contributed by atoms with Crippen LogP contribution in [0.3, 0.4) is 0 Å². The maximum atomic E-state index is 13.7. The number of aliphatic hydroxyl groups excluding tert-OH is 3. The Kier molecular flexibility index (Phi) is 9.25. The fraction of sp³-hybridized carbons (Fsp3) is 0.250. The number of aliphatic hydroxyl groups is 3. The van der Waals surface area contributed by atoms with E-state index < -0.39 is 60.2 Å². The van der Waals surface area contributed by atoms with Crippen LogP contribution in [0, 0.1) is 0 Å². The molecule has 5 atom stereocenters. The van der Waals surface area contributed by atoms with Gasteiger partial charge in [-0.05, 0) is 48.0 Å². The van der Waals surface area contributed by atoms with Crippen LogP contribution in [0.1, 0.15) is 5.56 Å². The van der Waals surface area contributed by atoms with Crippen LogP contribution in [0.5, 0.6) is 28.7 Å². The van der Waals surface area contributed by atoms with Crippen LogP contribution in [-0.2, 0) is 14.3 Å². The van der Waals surface area contributed by atoms with E-state index in [4.69, 9.17) is 28.1 Å². The summed E-state index contributed by atoms with van der Waals surface area (Å²) in [5.41, 5.74) is 0.0997. The zero-order valence-electron chi connectivity index (χ0n) is 24.0. The molecule has 0 saturated carbocycles. The van der Waals surface area contributed by atoms with Crippen LogP contribution in [0.15, 0.2) is 76.0 Å². The summed E-state index contributed by atoms with van der Waals surface area (Å²) in [5.74, 6) is -1.06. The van der Waals surface area contributed by atoms with Gasteiger partial charge in [-0.1, -0.05) is 12.1 Å². The lowest BCUT2D eigenvalue weighted by atomic mass is 9.99. The van der Waals surface area contributed by atoms with Crippen LogP contribution >= 0.6 is 0 Å². The molecule has 13 nitrogen and oxygen atoms in total. The molecule has 2 heterocycles. The van der Waals surface area contributed by atoms with Crippen LogP contribution in [0.25, 0.3) is 28.4 Å². The number of aromatic hydroxyl groups is 2. The second-order valence-electron chi connectivity index (χ2n) is 10.0. The second-order valence-corrected chi connectivity index (χ2v) is 10.0. The van der Waals surface area contributed by atoms with Crippen molar-refractivity contribution >= 4 is 23.0 Å². The largest absolute Gasteiger partial charge is 0.508 e. The van der Waals surface area contributed by atoms with Gasteiger partial charge in [-0.15, -0.1) is 0 Å². The third-order valence-corrected chi connectivity index (χ3v) is 7.09. The predicted molar refractivity (Wildman–Crippen MR) is 158 cm³/mol. The number of ether oxygens (including phenoxy) is 5. The molecule has 0 unspecified atom stereocenters. The molecule has 1 aliphatic heterocycles. The molecule has 5 rings (SSSR count). The van der Waals surface area contributed by atoms with Gasteiger partial charge in [-0.3, -0.25) is 4.79 Å². The Morgan fingerprint density at radius 3 is 2.24 bits per heavy atom. The van der Waals surface area contributed by atoms with Crippen molar-refractivity contribution in [1.29, 1.82) is 0 Å². The Morgan fingerprint density at radius 1 is 0.889 bits per heavy atom. The van der Waals surface area contributed by atoms with E-state index in [-0.39, 0.29) is 28.2 Å². The summed E-state index contributed by atoms with van der Waals surface area (Å²) in [6.45, 7) is -0.554. The van der Waals surface area contributed by atoms with E-state index in [2.05, 4.69) is 0 Å². The number of rotatable bonds is 9. The highest BCUT2D eigenvalue weighted by atomic mass is 16.7. The van der Waals surface area contributed by atoms with Gasteiger partial charge in [0.15, 0.2) is 5.76 Å². The molecule has 3 aromatic carbocycles. The van der Waals surface area contributed by atoms with E-state index in [0.717, 1.165) is 6.08 Å². The smallest absolute Gasteiger partial charge is 0.330 e. The van der Waals surface area contributed by atoms with Crippen molar-refractivity contribution in [2.45, 2.75) is 30.7 Å². The standard InChI is InChI=1S/C32H30O13/c1-40-19-10-6-17(7-11-19)30-31(27(37)25-21(34)13-20(41-2)14-22(25)43-30)45-32-29(39)28(38)26(36)23(44-32)15-42-24(35)12-5-16-3-8-18(33)9-4-16/h3-14,23,26,28-29,32-34,36,38-39H,15H2,1-2H3/b12-5+/t23-,26-,28+,29-,32+/m1/s1. The number of phenolic OH excluding ortho intramolecular Hbond substituents is 2. The number of benzene rings is 3. The Morgan fingerprint density at radius 2 is 1.58 bits per heavy atom. The molecule has 236 valence electrons. The molecule has 1 aliphatic rings.